The summed E-state index contributed by atoms with van der Waals surface area (Å²) in [5.41, 5.74) is 0. The van der Waals surface area contributed by atoms with Crippen LogP contribution in [-0.4, -0.2) is 40.8 Å². The lowest BCUT2D eigenvalue weighted by atomic mass is 10.4. The molecule has 0 aromatic carbocycles. The van der Waals surface area contributed by atoms with Gasteiger partial charge in [0.2, 0.25) is 5.82 Å². The molecule has 0 aliphatic heterocycles. The lowest BCUT2D eigenvalue weighted by Gasteiger charge is -2.04. The first-order valence-electron chi connectivity index (χ1n) is 5.57. The molecule has 1 saturated carbocycles. The van der Waals surface area contributed by atoms with Gasteiger partial charge in [0, 0.05) is 19.8 Å². The maximum Gasteiger partial charge on any atom is 0.288 e. The van der Waals surface area contributed by atoms with Crippen molar-refractivity contribution in [1.29, 1.82) is 0 Å². The molecule has 16 heavy (non-hydrogen) atoms. The Kier molecular flexibility index (Phi) is 3.87. The number of nitrogens with zero attached hydrogens (tertiary/aromatic N) is 2. The highest BCUT2D eigenvalue weighted by molar-refractivity contribution is 5.90. The van der Waals surface area contributed by atoms with E-state index in [0.29, 0.717) is 13.2 Å². The van der Waals surface area contributed by atoms with E-state index in [0.717, 1.165) is 18.9 Å². The molecular weight excluding hydrogens is 208 g/mol. The highest BCUT2D eigenvalue weighted by Gasteiger charge is 2.20. The molecule has 0 spiro atoms. The Hall–Kier alpha value is -1.43. The molecule has 2 rings (SSSR count). The number of hydrogen-bond donors (Lipinski definition) is 2. The predicted octanol–water partition coefficient (Wildman–Crippen LogP) is 0.351. The molecule has 1 fully saturated rings. The number of carbonyl (C=O) groups is 1. The van der Waals surface area contributed by atoms with Gasteiger partial charge in [-0.05, 0) is 25.2 Å². The first-order chi connectivity index (χ1) is 7.86. The maximum atomic E-state index is 11.4. The lowest BCUT2D eigenvalue weighted by Crippen LogP contribution is -2.26. The van der Waals surface area contributed by atoms with Crippen LogP contribution in [0.25, 0.3) is 0 Å². The second-order valence-corrected chi connectivity index (χ2v) is 3.96. The fraction of sp³-hybridized carbons (Fsp3) is 0.700. The highest BCUT2D eigenvalue weighted by atomic mass is 16.5. The van der Waals surface area contributed by atoms with Crippen LogP contribution in [0.5, 0.6) is 0 Å². The SMILES string of the molecule is O=C(NCCCOCC1CC1)c1ncn[nH]1. The standard InChI is InChI=1S/C10H16N4O2/c15-10(9-12-7-13-14-9)11-4-1-5-16-6-8-2-3-8/h7-8H,1-6H2,(H,11,15)(H,12,13,14). The molecule has 0 radical (unpaired) electrons. The topological polar surface area (TPSA) is 79.9 Å². The van der Waals surface area contributed by atoms with Gasteiger partial charge < -0.3 is 10.1 Å². The number of hydrogen-bond acceptors (Lipinski definition) is 4. The van der Waals surface area contributed by atoms with Crippen LogP contribution in [0.3, 0.4) is 0 Å². The van der Waals surface area contributed by atoms with E-state index in [2.05, 4.69) is 20.5 Å². The van der Waals surface area contributed by atoms with Gasteiger partial charge in [0.25, 0.3) is 5.91 Å². The van der Waals surface area contributed by atoms with Gasteiger partial charge >= 0.3 is 0 Å². The summed E-state index contributed by atoms with van der Waals surface area (Å²) in [6.45, 7) is 2.17. The van der Waals surface area contributed by atoms with Crippen LogP contribution in [0, 0.1) is 5.92 Å². The molecule has 0 bridgehead atoms. The zero-order valence-corrected chi connectivity index (χ0v) is 9.11. The summed E-state index contributed by atoms with van der Waals surface area (Å²) in [4.78, 5) is 15.1. The molecule has 2 N–H and O–H groups in total. The third kappa shape index (κ3) is 3.62. The van der Waals surface area contributed by atoms with Crippen molar-refractivity contribution in [2.75, 3.05) is 19.8 Å². The van der Waals surface area contributed by atoms with Crippen molar-refractivity contribution in [3.63, 3.8) is 0 Å². The Balaban J connectivity index is 1.49. The van der Waals surface area contributed by atoms with E-state index in [1.165, 1.54) is 19.2 Å². The third-order valence-electron chi connectivity index (χ3n) is 2.43. The van der Waals surface area contributed by atoms with Gasteiger partial charge in [-0.2, -0.15) is 5.10 Å². The summed E-state index contributed by atoms with van der Waals surface area (Å²) < 4.78 is 5.44. The quantitative estimate of drug-likeness (QED) is 0.655. The van der Waals surface area contributed by atoms with Crippen molar-refractivity contribution in [2.45, 2.75) is 19.3 Å². The van der Waals surface area contributed by atoms with Crippen molar-refractivity contribution in [1.82, 2.24) is 20.5 Å². The first-order valence-corrected chi connectivity index (χ1v) is 5.57. The van der Waals surface area contributed by atoms with Crippen molar-refractivity contribution >= 4 is 5.91 Å². The number of nitrogens with one attached hydrogen (secondary N) is 2. The van der Waals surface area contributed by atoms with Gasteiger partial charge in [-0.3, -0.25) is 9.89 Å². The summed E-state index contributed by atoms with van der Waals surface area (Å²) >= 11 is 0. The normalized spacial score (nSPS) is 15.0. The van der Waals surface area contributed by atoms with Gasteiger partial charge in [-0.1, -0.05) is 0 Å². The van der Waals surface area contributed by atoms with Crippen LogP contribution in [0.1, 0.15) is 29.9 Å². The molecule has 1 aliphatic carbocycles. The molecule has 1 amide bonds. The molecule has 6 heteroatoms. The number of carbonyl (C=O) groups excluding carboxylic acids is 1. The summed E-state index contributed by atoms with van der Waals surface area (Å²) in [5.74, 6) is 0.822. The number of rotatable bonds is 7. The summed E-state index contributed by atoms with van der Waals surface area (Å²) in [7, 11) is 0. The number of ether oxygens (including phenoxy) is 1. The number of aromatic nitrogens is 3. The zero-order valence-electron chi connectivity index (χ0n) is 9.11. The van der Waals surface area contributed by atoms with E-state index < -0.39 is 0 Å². The fourth-order valence-corrected chi connectivity index (χ4v) is 1.31. The second-order valence-electron chi connectivity index (χ2n) is 3.96. The van der Waals surface area contributed by atoms with E-state index in [1.54, 1.807) is 0 Å². The Morgan fingerprint density at radius 1 is 1.62 bits per heavy atom. The van der Waals surface area contributed by atoms with Gasteiger partial charge in [0.1, 0.15) is 6.33 Å². The van der Waals surface area contributed by atoms with Crippen LogP contribution in [0.15, 0.2) is 6.33 Å². The molecule has 1 aromatic rings. The van der Waals surface area contributed by atoms with Gasteiger partial charge in [-0.15, -0.1) is 0 Å². The molecule has 0 unspecified atom stereocenters. The van der Waals surface area contributed by atoms with Crippen molar-refractivity contribution in [2.24, 2.45) is 5.92 Å². The van der Waals surface area contributed by atoms with E-state index in [-0.39, 0.29) is 11.7 Å². The van der Waals surface area contributed by atoms with E-state index in [1.807, 2.05) is 0 Å². The Morgan fingerprint density at radius 3 is 3.19 bits per heavy atom. The van der Waals surface area contributed by atoms with Crippen LogP contribution < -0.4 is 5.32 Å². The molecule has 1 heterocycles. The number of aromatic amines is 1. The largest absolute Gasteiger partial charge is 0.381 e. The third-order valence-corrected chi connectivity index (χ3v) is 2.43. The minimum atomic E-state index is -0.223. The Morgan fingerprint density at radius 2 is 2.50 bits per heavy atom. The second kappa shape index (κ2) is 5.60. The summed E-state index contributed by atoms with van der Waals surface area (Å²) in [6, 6.07) is 0. The minimum Gasteiger partial charge on any atom is -0.381 e. The van der Waals surface area contributed by atoms with Gasteiger partial charge in [0.15, 0.2) is 0 Å². The van der Waals surface area contributed by atoms with Crippen molar-refractivity contribution in [3.8, 4) is 0 Å². The van der Waals surface area contributed by atoms with Crippen LogP contribution >= 0.6 is 0 Å². The zero-order chi connectivity index (χ0) is 11.2. The summed E-state index contributed by atoms with van der Waals surface area (Å²) in [6.07, 6.45) is 4.75. The maximum absolute atomic E-state index is 11.4. The molecule has 0 atom stereocenters. The van der Waals surface area contributed by atoms with E-state index >= 15 is 0 Å². The molecule has 88 valence electrons. The van der Waals surface area contributed by atoms with E-state index in [9.17, 15) is 4.79 Å². The fourth-order valence-electron chi connectivity index (χ4n) is 1.31. The van der Waals surface area contributed by atoms with Crippen LogP contribution in [0.4, 0.5) is 0 Å². The summed E-state index contributed by atoms with van der Waals surface area (Å²) in [5, 5.41) is 8.85. The Labute approximate surface area is 93.8 Å². The molecular formula is C10H16N4O2. The molecule has 6 nitrogen and oxygen atoms in total. The van der Waals surface area contributed by atoms with Crippen molar-refractivity contribution < 1.29 is 9.53 Å². The lowest BCUT2D eigenvalue weighted by molar-refractivity contribution is 0.0928. The smallest absolute Gasteiger partial charge is 0.288 e. The van der Waals surface area contributed by atoms with Gasteiger partial charge in [-0.25, -0.2) is 4.98 Å². The van der Waals surface area contributed by atoms with Crippen molar-refractivity contribution in [3.05, 3.63) is 12.2 Å². The molecule has 1 aromatic heterocycles. The monoisotopic (exact) mass is 224 g/mol. The van der Waals surface area contributed by atoms with Gasteiger partial charge in [0.05, 0.1) is 0 Å². The predicted molar refractivity (Wildman–Crippen MR) is 56.9 cm³/mol. The number of H-pyrrole nitrogens is 1. The first kappa shape index (κ1) is 11.1. The Bertz CT molecular complexity index is 322. The highest BCUT2D eigenvalue weighted by Crippen LogP contribution is 2.28. The van der Waals surface area contributed by atoms with Crippen LogP contribution in [-0.2, 0) is 4.74 Å². The average molecular weight is 224 g/mol. The number of amides is 1. The average Bonchev–Trinajstić information content (AvgIpc) is 2.95. The van der Waals surface area contributed by atoms with Crippen LogP contribution in [0.2, 0.25) is 0 Å². The minimum absolute atomic E-state index is 0.223. The molecule has 1 aliphatic rings. The van der Waals surface area contributed by atoms with E-state index in [4.69, 9.17) is 4.74 Å². The molecule has 0 saturated heterocycles.